The minimum Gasteiger partial charge on any atom is -0.352 e. The Kier molecular flexibility index (Phi) is 5.22. The molecule has 19 heavy (non-hydrogen) atoms. The molecule has 0 bridgehead atoms. The second-order valence-electron chi connectivity index (χ2n) is 4.93. The molecule has 0 aromatic heterocycles. The lowest BCUT2D eigenvalue weighted by Gasteiger charge is -2.25. The monoisotopic (exact) mass is 347 g/mol. The van der Waals surface area contributed by atoms with E-state index in [2.05, 4.69) is 21.2 Å². The van der Waals surface area contributed by atoms with Crippen molar-refractivity contribution in [3.05, 3.63) is 34.6 Å². The molecule has 0 heterocycles. The third-order valence-electron chi connectivity index (χ3n) is 3.52. The van der Waals surface area contributed by atoms with Crippen LogP contribution in [-0.2, 0) is 0 Å². The van der Waals surface area contributed by atoms with E-state index in [0.717, 1.165) is 25.7 Å². The van der Waals surface area contributed by atoms with Crippen molar-refractivity contribution >= 4 is 33.4 Å². The fraction of sp³-hybridized carbons (Fsp3) is 0.500. The zero-order chi connectivity index (χ0) is 13.8. The van der Waals surface area contributed by atoms with Crippen LogP contribution in [0.1, 0.15) is 36.0 Å². The van der Waals surface area contributed by atoms with E-state index in [1.54, 1.807) is 6.07 Å². The van der Waals surface area contributed by atoms with Gasteiger partial charge in [-0.05, 0) is 43.7 Å². The minimum atomic E-state index is -0.647. The van der Waals surface area contributed by atoms with Gasteiger partial charge in [0.1, 0.15) is 0 Å². The Morgan fingerprint density at radius 3 is 2.74 bits per heavy atom. The molecule has 0 radical (unpaired) electrons. The van der Waals surface area contributed by atoms with Crippen molar-refractivity contribution in [1.82, 2.24) is 5.32 Å². The van der Waals surface area contributed by atoms with E-state index in [1.807, 2.05) is 0 Å². The Hall–Kier alpha value is -0.610. The molecule has 0 spiro atoms. The molecule has 1 aromatic carbocycles. The van der Waals surface area contributed by atoms with E-state index in [9.17, 15) is 9.18 Å². The number of carbonyl (C=O) groups is 1. The fourth-order valence-corrected chi connectivity index (χ4v) is 3.04. The highest BCUT2D eigenvalue weighted by Crippen LogP contribution is 2.28. The molecule has 104 valence electrons. The second kappa shape index (κ2) is 6.71. The Bertz CT molecular complexity index is 461. The van der Waals surface area contributed by atoms with Crippen molar-refractivity contribution in [1.29, 1.82) is 0 Å². The van der Waals surface area contributed by atoms with Gasteiger partial charge >= 0.3 is 0 Å². The molecule has 1 aliphatic carbocycles. The van der Waals surface area contributed by atoms with Crippen molar-refractivity contribution < 1.29 is 9.18 Å². The highest BCUT2D eigenvalue weighted by Gasteiger charge is 2.20. The smallest absolute Gasteiger partial charge is 0.254 e. The maximum atomic E-state index is 13.7. The van der Waals surface area contributed by atoms with E-state index in [1.165, 1.54) is 12.1 Å². The zero-order valence-electron chi connectivity index (χ0n) is 10.5. The number of rotatable bonds is 3. The Morgan fingerprint density at radius 1 is 1.37 bits per heavy atom. The lowest BCUT2D eigenvalue weighted by atomic mass is 9.89. The third kappa shape index (κ3) is 3.93. The number of hydrogen-bond acceptors (Lipinski definition) is 1. The molecule has 2 rings (SSSR count). The first-order valence-electron chi connectivity index (χ1n) is 6.44. The van der Waals surface area contributed by atoms with Crippen molar-refractivity contribution in [2.24, 2.45) is 5.92 Å². The van der Waals surface area contributed by atoms with Gasteiger partial charge in [-0.25, -0.2) is 4.39 Å². The van der Waals surface area contributed by atoms with Crippen LogP contribution in [0, 0.1) is 11.7 Å². The van der Waals surface area contributed by atoms with Crippen LogP contribution in [0.4, 0.5) is 4.39 Å². The highest BCUT2D eigenvalue weighted by atomic mass is 79.9. The van der Waals surface area contributed by atoms with Crippen molar-refractivity contribution in [3.8, 4) is 0 Å². The van der Waals surface area contributed by atoms with Crippen molar-refractivity contribution in [2.75, 3.05) is 6.54 Å². The van der Waals surface area contributed by atoms with E-state index in [0.29, 0.717) is 17.3 Å². The van der Waals surface area contributed by atoms with Crippen LogP contribution in [0.3, 0.4) is 0 Å². The summed E-state index contributed by atoms with van der Waals surface area (Å²) in [6, 6.07) is 4.47. The number of halogens is 3. The van der Waals surface area contributed by atoms with Crippen LogP contribution in [0.15, 0.2) is 18.2 Å². The summed E-state index contributed by atoms with van der Waals surface area (Å²) in [6.07, 6.45) is 4.45. The third-order valence-corrected chi connectivity index (χ3v) is 4.73. The van der Waals surface area contributed by atoms with E-state index >= 15 is 0 Å². The van der Waals surface area contributed by atoms with Crippen LogP contribution < -0.4 is 5.32 Å². The van der Waals surface area contributed by atoms with Gasteiger partial charge in [-0.2, -0.15) is 0 Å². The maximum absolute atomic E-state index is 13.7. The molecule has 1 saturated carbocycles. The molecule has 0 unspecified atom stereocenters. The van der Waals surface area contributed by atoms with Crippen LogP contribution in [0.5, 0.6) is 0 Å². The van der Waals surface area contributed by atoms with Gasteiger partial charge in [0.25, 0.3) is 5.91 Å². The maximum Gasteiger partial charge on any atom is 0.254 e. The summed E-state index contributed by atoms with van der Waals surface area (Å²) >= 11 is 9.26. The molecule has 2 nitrogen and oxygen atoms in total. The molecular formula is C14H16BrClFNO. The second-order valence-corrected chi connectivity index (χ2v) is 6.63. The molecule has 5 heteroatoms. The van der Waals surface area contributed by atoms with Gasteiger partial charge < -0.3 is 5.32 Å². The summed E-state index contributed by atoms with van der Waals surface area (Å²) in [6.45, 7) is 0.602. The predicted octanol–water partition coefficient (Wildman–Crippen LogP) is 4.16. The average molecular weight is 349 g/mol. The van der Waals surface area contributed by atoms with Gasteiger partial charge in [0, 0.05) is 11.4 Å². The van der Waals surface area contributed by atoms with Crippen molar-refractivity contribution in [2.45, 2.75) is 30.5 Å². The quantitative estimate of drug-likeness (QED) is 0.816. The first kappa shape index (κ1) is 14.8. The number of benzene rings is 1. The van der Waals surface area contributed by atoms with E-state index in [4.69, 9.17) is 11.6 Å². The van der Waals surface area contributed by atoms with E-state index in [-0.39, 0.29) is 16.5 Å². The largest absolute Gasteiger partial charge is 0.352 e. The Labute approximate surface area is 125 Å². The normalized spacial score (nSPS) is 23.1. The topological polar surface area (TPSA) is 29.1 Å². The standard InChI is InChI=1S/C14H16BrClFNO/c15-10-6-4-9(5-7-10)8-18-14(19)11-2-1-3-12(16)13(11)17/h1-3,9-10H,4-8H2,(H,18,19). The number of amides is 1. The lowest BCUT2D eigenvalue weighted by Crippen LogP contribution is -2.31. The molecule has 1 N–H and O–H groups in total. The van der Waals surface area contributed by atoms with Gasteiger partial charge in [-0.1, -0.05) is 33.6 Å². The van der Waals surface area contributed by atoms with E-state index < -0.39 is 5.82 Å². The summed E-state index contributed by atoms with van der Waals surface area (Å²) in [5.41, 5.74) is 0.0154. The summed E-state index contributed by atoms with van der Waals surface area (Å²) in [5, 5.41) is 2.78. The van der Waals surface area contributed by atoms with Gasteiger partial charge in [-0.3, -0.25) is 4.79 Å². The molecule has 1 amide bonds. The molecule has 0 atom stereocenters. The number of alkyl halides is 1. The van der Waals surface area contributed by atoms with Gasteiger partial charge in [-0.15, -0.1) is 0 Å². The molecule has 0 aliphatic heterocycles. The summed E-state index contributed by atoms with van der Waals surface area (Å²) in [7, 11) is 0. The molecule has 1 fully saturated rings. The van der Waals surface area contributed by atoms with Crippen LogP contribution in [0.2, 0.25) is 5.02 Å². The number of nitrogens with one attached hydrogen (secondary N) is 1. The van der Waals surface area contributed by atoms with Gasteiger partial charge in [0.2, 0.25) is 0 Å². The number of carbonyl (C=O) groups excluding carboxylic acids is 1. The van der Waals surface area contributed by atoms with Crippen LogP contribution in [-0.4, -0.2) is 17.3 Å². The Morgan fingerprint density at radius 2 is 2.05 bits per heavy atom. The first-order valence-corrected chi connectivity index (χ1v) is 7.73. The predicted molar refractivity (Wildman–Crippen MR) is 78.4 cm³/mol. The average Bonchev–Trinajstić information content (AvgIpc) is 2.41. The summed E-state index contributed by atoms with van der Waals surface area (Å²) < 4.78 is 13.7. The number of hydrogen-bond donors (Lipinski definition) is 1. The molecule has 1 aromatic rings. The zero-order valence-corrected chi connectivity index (χ0v) is 12.8. The minimum absolute atomic E-state index is 0.0154. The highest BCUT2D eigenvalue weighted by molar-refractivity contribution is 9.09. The lowest BCUT2D eigenvalue weighted by molar-refractivity contribution is 0.0940. The molecular weight excluding hydrogens is 333 g/mol. The summed E-state index contributed by atoms with van der Waals surface area (Å²) in [5.74, 6) is -0.549. The van der Waals surface area contributed by atoms with Gasteiger partial charge in [0.05, 0.1) is 10.6 Å². The summed E-state index contributed by atoms with van der Waals surface area (Å²) in [4.78, 5) is 12.5. The molecule has 1 aliphatic rings. The van der Waals surface area contributed by atoms with Gasteiger partial charge in [0.15, 0.2) is 5.82 Å². The van der Waals surface area contributed by atoms with Crippen molar-refractivity contribution in [3.63, 3.8) is 0 Å². The first-order chi connectivity index (χ1) is 9.08. The SMILES string of the molecule is O=C(NCC1CCC(Br)CC1)c1cccc(Cl)c1F. The fourth-order valence-electron chi connectivity index (χ4n) is 2.34. The Balaban J connectivity index is 1.89. The van der Waals surface area contributed by atoms with Crippen LogP contribution in [0.25, 0.3) is 0 Å². The van der Waals surface area contributed by atoms with Crippen LogP contribution >= 0.6 is 27.5 Å². The molecule has 0 saturated heterocycles.